The van der Waals surface area contributed by atoms with Crippen LogP contribution < -0.4 is 0 Å². The molecule has 0 spiro atoms. The first-order chi connectivity index (χ1) is 9.59. The molecule has 0 saturated heterocycles. The minimum Gasteiger partial charge on any atom is -0.378 e. The first-order valence-corrected chi connectivity index (χ1v) is 7.64. The van der Waals surface area contributed by atoms with Gasteiger partial charge >= 0.3 is 0 Å². The van der Waals surface area contributed by atoms with Gasteiger partial charge in [-0.15, -0.1) is 0 Å². The van der Waals surface area contributed by atoms with Crippen molar-refractivity contribution in [2.24, 2.45) is 5.92 Å². The molecule has 0 aliphatic heterocycles. The fourth-order valence-corrected chi connectivity index (χ4v) is 3.03. The van der Waals surface area contributed by atoms with Crippen molar-refractivity contribution in [1.82, 2.24) is 9.97 Å². The van der Waals surface area contributed by atoms with Crippen molar-refractivity contribution < 1.29 is 9.47 Å². The Morgan fingerprint density at radius 3 is 2.65 bits per heavy atom. The zero-order valence-electron chi connectivity index (χ0n) is 12.5. The Balaban J connectivity index is 2.33. The second kappa shape index (κ2) is 6.83. The third-order valence-corrected chi connectivity index (χ3v) is 4.14. The lowest BCUT2D eigenvalue weighted by atomic mass is 9.79. The molecule has 112 valence electrons. The van der Waals surface area contributed by atoms with Gasteiger partial charge in [-0.2, -0.15) is 0 Å². The largest absolute Gasteiger partial charge is 0.378 e. The number of ether oxygens (including phenoxy) is 2. The third-order valence-electron chi connectivity index (χ3n) is 3.95. The van der Waals surface area contributed by atoms with E-state index in [0.29, 0.717) is 24.2 Å². The number of hydrogen-bond acceptors (Lipinski definition) is 4. The molecule has 1 aromatic rings. The summed E-state index contributed by atoms with van der Waals surface area (Å²) in [4.78, 5) is 9.05. The Bertz CT molecular complexity index is 445. The molecular weight excluding hydrogens is 276 g/mol. The van der Waals surface area contributed by atoms with E-state index in [1.54, 1.807) is 13.2 Å². The van der Waals surface area contributed by atoms with Crippen LogP contribution in [0.3, 0.4) is 0 Å². The lowest BCUT2D eigenvalue weighted by Crippen LogP contribution is -2.36. The van der Waals surface area contributed by atoms with Crippen molar-refractivity contribution in [3.8, 4) is 0 Å². The van der Waals surface area contributed by atoms with E-state index in [1.807, 2.05) is 6.92 Å². The van der Waals surface area contributed by atoms with Gasteiger partial charge in [0.1, 0.15) is 10.8 Å². The number of halogens is 1. The lowest BCUT2D eigenvalue weighted by molar-refractivity contribution is -0.0839. The SMILES string of the molecule is CCOC1(c2nc(Cl)cc(COC)n2)CCC(C)CC1. The summed E-state index contributed by atoms with van der Waals surface area (Å²) in [7, 11) is 1.65. The molecule has 1 saturated carbocycles. The molecule has 4 nitrogen and oxygen atoms in total. The molecule has 1 aliphatic rings. The molecule has 1 fully saturated rings. The zero-order valence-corrected chi connectivity index (χ0v) is 13.2. The molecule has 20 heavy (non-hydrogen) atoms. The summed E-state index contributed by atoms with van der Waals surface area (Å²) in [6, 6.07) is 1.75. The third kappa shape index (κ3) is 3.48. The van der Waals surface area contributed by atoms with Gasteiger partial charge < -0.3 is 9.47 Å². The van der Waals surface area contributed by atoms with Gasteiger partial charge in [0.25, 0.3) is 0 Å². The summed E-state index contributed by atoms with van der Waals surface area (Å²) < 4.78 is 11.2. The van der Waals surface area contributed by atoms with E-state index in [4.69, 9.17) is 21.1 Å². The van der Waals surface area contributed by atoms with Crippen LogP contribution in [-0.2, 0) is 21.7 Å². The van der Waals surface area contributed by atoms with Gasteiger partial charge in [0.2, 0.25) is 0 Å². The Kier molecular flexibility index (Phi) is 5.35. The monoisotopic (exact) mass is 298 g/mol. The van der Waals surface area contributed by atoms with Crippen LogP contribution in [0.1, 0.15) is 51.0 Å². The first kappa shape index (κ1) is 15.7. The van der Waals surface area contributed by atoms with E-state index in [0.717, 1.165) is 37.3 Å². The van der Waals surface area contributed by atoms with Gasteiger partial charge in [0, 0.05) is 13.7 Å². The van der Waals surface area contributed by atoms with Crippen molar-refractivity contribution in [2.45, 2.75) is 51.7 Å². The highest BCUT2D eigenvalue weighted by Crippen LogP contribution is 2.41. The predicted molar refractivity (Wildman–Crippen MR) is 78.7 cm³/mol. The number of nitrogens with zero attached hydrogens (tertiary/aromatic N) is 2. The second-order valence-corrected chi connectivity index (χ2v) is 5.94. The average Bonchev–Trinajstić information content (AvgIpc) is 2.42. The predicted octanol–water partition coefficient (Wildman–Crippen LogP) is 3.72. The standard InChI is InChI=1S/C15H23ClN2O2/c1-4-20-15(7-5-11(2)6-8-15)14-17-12(10-19-3)9-13(16)18-14/h9,11H,4-8,10H2,1-3H3. The van der Waals surface area contributed by atoms with E-state index in [-0.39, 0.29) is 5.60 Å². The number of methoxy groups -OCH3 is 1. The van der Waals surface area contributed by atoms with Crippen LogP contribution in [0, 0.1) is 5.92 Å². The van der Waals surface area contributed by atoms with E-state index in [9.17, 15) is 0 Å². The Morgan fingerprint density at radius 1 is 1.35 bits per heavy atom. The molecule has 1 aromatic heterocycles. The van der Waals surface area contributed by atoms with Gasteiger partial charge in [-0.25, -0.2) is 9.97 Å². The summed E-state index contributed by atoms with van der Waals surface area (Å²) in [6.45, 7) is 5.39. The maximum absolute atomic E-state index is 6.13. The fraction of sp³-hybridized carbons (Fsp3) is 0.733. The topological polar surface area (TPSA) is 44.2 Å². The fourth-order valence-electron chi connectivity index (χ4n) is 2.83. The molecular formula is C15H23ClN2O2. The smallest absolute Gasteiger partial charge is 0.162 e. The highest BCUT2D eigenvalue weighted by Gasteiger charge is 2.39. The molecule has 0 N–H and O–H groups in total. The maximum atomic E-state index is 6.13. The first-order valence-electron chi connectivity index (χ1n) is 7.26. The van der Waals surface area contributed by atoms with E-state index in [1.165, 1.54) is 0 Å². The minimum absolute atomic E-state index is 0.380. The molecule has 5 heteroatoms. The van der Waals surface area contributed by atoms with Crippen molar-refractivity contribution >= 4 is 11.6 Å². The highest BCUT2D eigenvalue weighted by molar-refractivity contribution is 6.29. The lowest BCUT2D eigenvalue weighted by Gasteiger charge is -2.38. The molecule has 0 aromatic carbocycles. The van der Waals surface area contributed by atoms with E-state index >= 15 is 0 Å². The van der Waals surface area contributed by atoms with Crippen LogP contribution in [-0.4, -0.2) is 23.7 Å². The van der Waals surface area contributed by atoms with Gasteiger partial charge in [0.05, 0.1) is 12.3 Å². The van der Waals surface area contributed by atoms with Crippen LogP contribution in [0.25, 0.3) is 0 Å². The summed E-state index contributed by atoms with van der Waals surface area (Å²) in [5.74, 6) is 1.45. The molecule has 0 bridgehead atoms. The molecule has 0 atom stereocenters. The minimum atomic E-state index is -0.380. The Morgan fingerprint density at radius 2 is 2.05 bits per heavy atom. The van der Waals surface area contributed by atoms with Crippen LogP contribution >= 0.6 is 11.6 Å². The second-order valence-electron chi connectivity index (χ2n) is 5.55. The molecule has 0 radical (unpaired) electrons. The van der Waals surface area contributed by atoms with Crippen molar-refractivity contribution in [2.75, 3.05) is 13.7 Å². The molecule has 2 rings (SSSR count). The van der Waals surface area contributed by atoms with Crippen LogP contribution in [0.4, 0.5) is 0 Å². The quantitative estimate of drug-likeness (QED) is 0.777. The summed E-state index contributed by atoms with van der Waals surface area (Å²) in [5.41, 5.74) is 0.425. The number of hydrogen-bond donors (Lipinski definition) is 0. The Labute approximate surface area is 125 Å². The zero-order chi connectivity index (χ0) is 14.6. The van der Waals surface area contributed by atoms with Crippen molar-refractivity contribution in [3.05, 3.63) is 22.7 Å². The van der Waals surface area contributed by atoms with Gasteiger partial charge in [-0.05, 0) is 44.6 Å². The van der Waals surface area contributed by atoms with Crippen LogP contribution in [0.2, 0.25) is 5.15 Å². The average molecular weight is 299 g/mol. The summed E-state index contributed by atoms with van der Waals surface area (Å²) in [5, 5.41) is 0.458. The van der Waals surface area contributed by atoms with Gasteiger partial charge in [-0.3, -0.25) is 0 Å². The number of aromatic nitrogens is 2. The van der Waals surface area contributed by atoms with E-state index in [2.05, 4.69) is 16.9 Å². The van der Waals surface area contributed by atoms with Gasteiger partial charge in [-0.1, -0.05) is 18.5 Å². The molecule has 0 unspecified atom stereocenters. The molecule has 1 aliphatic carbocycles. The van der Waals surface area contributed by atoms with Crippen molar-refractivity contribution in [1.29, 1.82) is 0 Å². The Hall–Kier alpha value is -0.710. The van der Waals surface area contributed by atoms with Crippen LogP contribution in [0.5, 0.6) is 0 Å². The highest BCUT2D eigenvalue weighted by atomic mass is 35.5. The molecule has 1 heterocycles. The summed E-state index contributed by atoms with van der Waals surface area (Å²) in [6.07, 6.45) is 4.18. The number of rotatable bonds is 5. The maximum Gasteiger partial charge on any atom is 0.162 e. The van der Waals surface area contributed by atoms with Crippen molar-refractivity contribution in [3.63, 3.8) is 0 Å². The van der Waals surface area contributed by atoms with E-state index < -0.39 is 0 Å². The van der Waals surface area contributed by atoms with Crippen LogP contribution in [0.15, 0.2) is 6.07 Å². The molecule has 0 amide bonds. The van der Waals surface area contributed by atoms with Gasteiger partial charge in [0.15, 0.2) is 5.82 Å². The normalized spacial score (nSPS) is 26.7. The summed E-state index contributed by atoms with van der Waals surface area (Å²) >= 11 is 6.13.